The number of hydrogen-bond acceptors (Lipinski definition) is 2. The smallest absolute Gasteiger partial charge is 0.228 e. The van der Waals surface area contributed by atoms with Crippen LogP contribution in [0.4, 0.5) is 8.78 Å². The van der Waals surface area contributed by atoms with Gasteiger partial charge in [0.1, 0.15) is 11.6 Å². The van der Waals surface area contributed by atoms with Crippen molar-refractivity contribution in [3.8, 4) is 11.1 Å². The fourth-order valence-corrected chi connectivity index (χ4v) is 4.81. The van der Waals surface area contributed by atoms with Gasteiger partial charge in [0.05, 0.1) is 12.0 Å². The van der Waals surface area contributed by atoms with Crippen molar-refractivity contribution in [3.63, 3.8) is 0 Å². The van der Waals surface area contributed by atoms with Crippen molar-refractivity contribution in [2.24, 2.45) is 5.92 Å². The fourth-order valence-electron chi connectivity index (χ4n) is 4.81. The molecule has 0 aromatic heterocycles. The second-order valence-electron chi connectivity index (χ2n) is 8.35. The van der Waals surface area contributed by atoms with E-state index in [9.17, 15) is 13.6 Å². The molecule has 0 radical (unpaired) electrons. The van der Waals surface area contributed by atoms with Crippen LogP contribution in [0, 0.1) is 17.6 Å². The van der Waals surface area contributed by atoms with E-state index >= 15 is 0 Å². The van der Waals surface area contributed by atoms with Crippen molar-refractivity contribution in [2.75, 3.05) is 13.1 Å². The van der Waals surface area contributed by atoms with Crippen LogP contribution in [0.3, 0.4) is 0 Å². The molecule has 5 heteroatoms. The molecule has 2 heterocycles. The molecule has 0 aliphatic carbocycles. The lowest BCUT2D eigenvalue weighted by molar-refractivity contribution is -0.136. The van der Waals surface area contributed by atoms with Crippen LogP contribution >= 0.6 is 0 Å². The summed E-state index contributed by atoms with van der Waals surface area (Å²) in [4.78, 5) is 15.4. The first-order chi connectivity index (χ1) is 15.6. The third-order valence-electron chi connectivity index (χ3n) is 6.43. The van der Waals surface area contributed by atoms with E-state index < -0.39 is 11.6 Å². The molecule has 3 atom stereocenters. The van der Waals surface area contributed by atoms with Gasteiger partial charge >= 0.3 is 0 Å². The number of halogens is 2. The molecule has 1 unspecified atom stereocenters. The maximum Gasteiger partial charge on any atom is 0.228 e. The highest BCUT2D eigenvalue weighted by Crippen LogP contribution is 2.36. The molecule has 1 amide bonds. The van der Waals surface area contributed by atoms with E-state index in [0.29, 0.717) is 12.1 Å². The van der Waals surface area contributed by atoms with Crippen molar-refractivity contribution in [1.82, 2.24) is 10.2 Å². The molecule has 3 aromatic rings. The third kappa shape index (κ3) is 3.84. The molecule has 1 N–H and O–H groups in total. The van der Waals surface area contributed by atoms with Crippen LogP contribution in [-0.2, 0) is 4.79 Å². The average molecular weight is 430 g/mol. The summed E-state index contributed by atoms with van der Waals surface area (Å²) >= 11 is 0. The number of carbonyl (C=O) groups is 1. The van der Waals surface area contributed by atoms with E-state index in [2.05, 4.69) is 17.4 Å². The van der Waals surface area contributed by atoms with E-state index in [0.717, 1.165) is 36.2 Å². The van der Waals surface area contributed by atoms with E-state index in [-0.39, 0.29) is 29.5 Å². The molecule has 0 spiro atoms. The zero-order chi connectivity index (χ0) is 22.1. The Morgan fingerprint density at radius 3 is 2.50 bits per heavy atom. The summed E-state index contributed by atoms with van der Waals surface area (Å²) in [6.45, 7) is 1.39. The van der Waals surface area contributed by atoms with Crippen LogP contribution in [0.5, 0.6) is 0 Å². The molecular formula is C27H24F2N2O. The lowest BCUT2D eigenvalue weighted by Gasteiger charge is -2.30. The third-order valence-corrected chi connectivity index (χ3v) is 6.43. The summed E-state index contributed by atoms with van der Waals surface area (Å²) in [7, 11) is 0. The van der Waals surface area contributed by atoms with Crippen molar-refractivity contribution < 1.29 is 13.6 Å². The van der Waals surface area contributed by atoms with Gasteiger partial charge in [-0.1, -0.05) is 66.7 Å². The predicted octanol–water partition coefficient (Wildman–Crippen LogP) is 5.42. The highest BCUT2D eigenvalue weighted by atomic mass is 19.1. The normalized spacial score (nSPS) is 22.4. The highest BCUT2D eigenvalue weighted by molar-refractivity contribution is 5.81. The quantitative estimate of drug-likeness (QED) is 0.561. The van der Waals surface area contributed by atoms with Gasteiger partial charge in [0.25, 0.3) is 0 Å². The number of nitrogens with one attached hydrogen (secondary N) is 1. The maximum absolute atomic E-state index is 14.1. The first-order valence-electron chi connectivity index (χ1n) is 10.9. The number of nitrogens with zero attached hydrogens (tertiary/aromatic N) is 1. The van der Waals surface area contributed by atoms with Crippen LogP contribution in [0.2, 0.25) is 0 Å². The highest BCUT2D eigenvalue weighted by Gasteiger charge is 2.38. The topological polar surface area (TPSA) is 32.3 Å². The van der Waals surface area contributed by atoms with E-state index in [1.54, 1.807) is 12.1 Å². The summed E-state index contributed by atoms with van der Waals surface area (Å²) in [6, 6.07) is 20.8. The van der Waals surface area contributed by atoms with Gasteiger partial charge in [-0.05, 0) is 47.9 Å². The minimum absolute atomic E-state index is 0.0169. The fraction of sp³-hybridized carbons (Fsp3) is 0.222. The van der Waals surface area contributed by atoms with Crippen molar-refractivity contribution in [3.05, 3.63) is 108 Å². The molecule has 0 saturated carbocycles. The Balaban J connectivity index is 1.37. The standard InChI is InChI=1S/C27H24F2N2O/c28-21-12-13-24(29)23(17-21)18-8-10-19(11-9-18)25-7-4-16-31(25)27(32)22-14-15-30-26(22)20-5-2-1-3-6-20/h1-13,17,22,25-26,30H,14-16H2/t22-,25?,26+/m0/s1. The Kier molecular flexibility index (Phi) is 5.58. The molecule has 3 aromatic carbocycles. The minimum Gasteiger partial charge on any atom is -0.328 e. The van der Waals surface area contributed by atoms with Crippen molar-refractivity contribution in [2.45, 2.75) is 18.5 Å². The Morgan fingerprint density at radius 1 is 0.938 bits per heavy atom. The average Bonchev–Trinajstić information content (AvgIpc) is 3.51. The first-order valence-corrected chi connectivity index (χ1v) is 10.9. The molecule has 3 nitrogen and oxygen atoms in total. The summed E-state index contributed by atoms with van der Waals surface area (Å²) < 4.78 is 27.7. The molecule has 2 aliphatic rings. The molecular weight excluding hydrogens is 406 g/mol. The van der Waals surface area contributed by atoms with Gasteiger partial charge in [-0.2, -0.15) is 0 Å². The van der Waals surface area contributed by atoms with Gasteiger partial charge in [0.15, 0.2) is 0 Å². The van der Waals surface area contributed by atoms with Crippen LogP contribution in [0.25, 0.3) is 11.1 Å². The van der Waals surface area contributed by atoms with E-state index in [1.807, 2.05) is 47.4 Å². The summed E-state index contributed by atoms with van der Waals surface area (Å²) in [5.41, 5.74) is 2.92. The Morgan fingerprint density at radius 2 is 1.72 bits per heavy atom. The van der Waals surface area contributed by atoms with Crippen LogP contribution in [-0.4, -0.2) is 23.9 Å². The Hall–Kier alpha value is -3.31. The van der Waals surface area contributed by atoms with Crippen molar-refractivity contribution in [1.29, 1.82) is 0 Å². The minimum atomic E-state index is -0.473. The Labute approximate surface area is 186 Å². The molecule has 162 valence electrons. The van der Waals surface area contributed by atoms with Gasteiger partial charge in [-0.3, -0.25) is 4.79 Å². The number of hydrogen-bond donors (Lipinski definition) is 1. The second-order valence-corrected chi connectivity index (χ2v) is 8.35. The molecule has 0 bridgehead atoms. The molecule has 2 aliphatic heterocycles. The van der Waals surface area contributed by atoms with E-state index in [1.165, 1.54) is 6.07 Å². The number of amides is 1. The van der Waals surface area contributed by atoms with E-state index in [4.69, 9.17) is 0 Å². The number of carbonyl (C=O) groups excluding carboxylic acids is 1. The van der Waals surface area contributed by atoms with Gasteiger partial charge in [-0.15, -0.1) is 0 Å². The van der Waals surface area contributed by atoms with Crippen molar-refractivity contribution >= 4 is 5.91 Å². The maximum atomic E-state index is 14.1. The first kappa shape index (κ1) is 20.6. The molecule has 1 fully saturated rings. The zero-order valence-corrected chi connectivity index (χ0v) is 17.5. The zero-order valence-electron chi connectivity index (χ0n) is 17.5. The van der Waals surface area contributed by atoms with Crippen LogP contribution in [0.1, 0.15) is 29.6 Å². The number of rotatable bonds is 4. The SMILES string of the molecule is O=C([C@H]1CCN[C@@H]1c1ccccc1)N1CC=CC1c1ccc(-c2cc(F)ccc2F)cc1. The Bertz CT molecular complexity index is 1140. The summed E-state index contributed by atoms with van der Waals surface area (Å²) in [5.74, 6) is -0.906. The van der Waals surface area contributed by atoms with Crippen LogP contribution < -0.4 is 5.32 Å². The van der Waals surface area contributed by atoms with Gasteiger partial charge in [-0.25, -0.2) is 8.78 Å². The lowest BCUT2D eigenvalue weighted by atomic mass is 9.92. The monoisotopic (exact) mass is 430 g/mol. The lowest BCUT2D eigenvalue weighted by Crippen LogP contribution is -2.38. The largest absolute Gasteiger partial charge is 0.328 e. The summed E-state index contributed by atoms with van der Waals surface area (Å²) in [6.07, 6.45) is 4.86. The number of benzene rings is 3. The molecule has 5 rings (SSSR count). The van der Waals surface area contributed by atoms with Gasteiger partial charge in [0.2, 0.25) is 5.91 Å². The van der Waals surface area contributed by atoms with Gasteiger partial charge in [0, 0.05) is 18.2 Å². The predicted molar refractivity (Wildman–Crippen MR) is 121 cm³/mol. The van der Waals surface area contributed by atoms with Gasteiger partial charge < -0.3 is 10.2 Å². The van der Waals surface area contributed by atoms with Crippen LogP contribution in [0.15, 0.2) is 84.9 Å². The second kappa shape index (κ2) is 8.67. The molecule has 1 saturated heterocycles. The molecule has 32 heavy (non-hydrogen) atoms. The summed E-state index contributed by atoms with van der Waals surface area (Å²) in [5, 5.41) is 3.48.